The lowest BCUT2D eigenvalue weighted by Crippen LogP contribution is -2.17. The first-order valence-corrected chi connectivity index (χ1v) is 6.51. The van der Waals surface area contributed by atoms with E-state index in [9.17, 15) is 17.6 Å². The van der Waals surface area contributed by atoms with E-state index in [1.165, 1.54) is 12.1 Å². The van der Waals surface area contributed by atoms with Crippen LogP contribution in [0.4, 0.5) is 17.6 Å². The maximum atomic E-state index is 13.8. The van der Waals surface area contributed by atoms with Gasteiger partial charge in [-0.25, -0.2) is 4.39 Å². The molecule has 0 N–H and O–H groups in total. The Kier molecular flexibility index (Phi) is 4.56. The van der Waals surface area contributed by atoms with Gasteiger partial charge in [-0.2, -0.15) is 0 Å². The zero-order valence-corrected chi connectivity index (χ0v) is 12.2. The van der Waals surface area contributed by atoms with Crippen LogP contribution in [0.3, 0.4) is 0 Å². The van der Waals surface area contributed by atoms with Gasteiger partial charge >= 0.3 is 6.36 Å². The van der Waals surface area contributed by atoms with Crippen LogP contribution < -0.4 is 4.74 Å². The van der Waals surface area contributed by atoms with Crippen molar-refractivity contribution in [3.63, 3.8) is 0 Å². The van der Waals surface area contributed by atoms with Crippen LogP contribution >= 0.6 is 34.8 Å². The second-order valence-electron chi connectivity index (χ2n) is 3.94. The van der Waals surface area contributed by atoms with Gasteiger partial charge in [0.25, 0.3) is 0 Å². The molecule has 21 heavy (non-hydrogen) atoms. The standard InChI is InChI=1S/C13H5Cl3F4O/c14-9-3-6(4-10(15)12(9)16)8-5-7(1-2-11(8)17)21-13(18,19)20/h1-5H. The summed E-state index contributed by atoms with van der Waals surface area (Å²) in [6.07, 6.45) is -4.87. The third kappa shape index (κ3) is 3.93. The number of alkyl halides is 3. The summed E-state index contributed by atoms with van der Waals surface area (Å²) in [7, 11) is 0. The molecule has 0 aliphatic carbocycles. The van der Waals surface area contributed by atoms with E-state index in [0.29, 0.717) is 0 Å². The van der Waals surface area contributed by atoms with Crippen LogP contribution in [0.2, 0.25) is 15.1 Å². The largest absolute Gasteiger partial charge is 0.573 e. The van der Waals surface area contributed by atoms with Gasteiger partial charge in [-0.3, -0.25) is 0 Å². The van der Waals surface area contributed by atoms with Crippen molar-refractivity contribution in [3.8, 4) is 16.9 Å². The van der Waals surface area contributed by atoms with Gasteiger partial charge in [0.05, 0.1) is 15.1 Å². The van der Waals surface area contributed by atoms with Gasteiger partial charge in [-0.15, -0.1) is 13.2 Å². The van der Waals surface area contributed by atoms with E-state index in [4.69, 9.17) is 34.8 Å². The van der Waals surface area contributed by atoms with Crippen LogP contribution in [0, 0.1) is 5.82 Å². The molecule has 0 bridgehead atoms. The maximum absolute atomic E-state index is 13.8. The summed E-state index contributed by atoms with van der Waals surface area (Å²) in [5.74, 6) is -1.31. The molecule has 0 atom stereocenters. The van der Waals surface area contributed by atoms with Gasteiger partial charge < -0.3 is 4.74 Å². The Morgan fingerprint density at radius 1 is 0.905 bits per heavy atom. The molecule has 8 heteroatoms. The van der Waals surface area contributed by atoms with Crippen molar-refractivity contribution in [3.05, 3.63) is 51.2 Å². The SMILES string of the molecule is Fc1ccc(OC(F)(F)F)cc1-c1cc(Cl)c(Cl)c(Cl)c1. The molecular weight excluding hydrogens is 354 g/mol. The zero-order chi connectivity index (χ0) is 15.8. The number of benzene rings is 2. The van der Waals surface area contributed by atoms with Crippen LogP contribution in [0.5, 0.6) is 5.75 Å². The first-order chi connectivity index (χ1) is 9.67. The van der Waals surface area contributed by atoms with Gasteiger partial charge in [0.2, 0.25) is 0 Å². The summed E-state index contributed by atoms with van der Waals surface area (Å²) in [4.78, 5) is 0. The topological polar surface area (TPSA) is 9.23 Å². The van der Waals surface area contributed by atoms with Crippen molar-refractivity contribution < 1.29 is 22.3 Å². The summed E-state index contributed by atoms with van der Waals surface area (Å²) >= 11 is 17.4. The first-order valence-electron chi connectivity index (χ1n) is 5.37. The molecule has 2 rings (SSSR count). The minimum atomic E-state index is -4.87. The van der Waals surface area contributed by atoms with E-state index >= 15 is 0 Å². The summed E-state index contributed by atoms with van der Waals surface area (Å²) < 4.78 is 54.1. The maximum Gasteiger partial charge on any atom is 0.573 e. The predicted molar refractivity (Wildman–Crippen MR) is 73.5 cm³/mol. The lowest BCUT2D eigenvalue weighted by Gasteiger charge is -2.12. The lowest BCUT2D eigenvalue weighted by molar-refractivity contribution is -0.274. The average molecular weight is 360 g/mol. The highest BCUT2D eigenvalue weighted by atomic mass is 35.5. The summed E-state index contributed by atoms with van der Waals surface area (Å²) in [5, 5.41) is 0.187. The van der Waals surface area contributed by atoms with E-state index in [1.54, 1.807) is 0 Å². The Balaban J connectivity index is 2.51. The summed E-state index contributed by atoms with van der Waals surface area (Å²) in [5.41, 5.74) is 0.0386. The number of rotatable bonds is 2. The van der Waals surface area contributed by atoms with Crippen LogP contribution in [0.25, 0.3) is 11.1 Å². The summed E-state index contributed by atoms with van der Waals surface area (Å²) in [6, 6.07) is 5.22. The second-order valence-corrected chi connectivity index (χ2v) is 5.14. The van der Waals surface area contributed by atoms with Crippen molar-refractivity contribution in [1.29, 1.82) is 0 Å². The van der Waals surface area contributed by atoms with Crippen molar-refractivity contribution in [2.75, 3.05) is 0 Å². The number of halogens is 7. The fourth-order valence-electron chi connectivity index (χ4n) is 1.63. The molecular formula is C13H5Cl3F4O. The smallest absolute Gasteiger partial charge is 0.406 e. The Morgan fingerprint density at radius 2 is 1.48 bits per heavy atom. The minimum Gasteiger partial charge on any atom is -0.406 e. The fourth-order valence-corrected chi connectivity index (χ4v) is 2.23. The molecule has 0 aliphatic heterocycles. The van der Waals surface area contributed by atoms with Gasteiger partial charge in [0.15, 0.2) is 0 Å². The zero-order valence-electron chi connectivity index (χ0n) is 9.94. The van der Waals surface area contributed by atoms with E-state index in [-0.39, 0.29) is 26.2 Å². The molecule has 0 spiro atoms. The lowest BCUT2D eigenvalue weighted by atomic mass is 10.0. The van der Waals surface area contributed by atoms with Gasteiger partial charge in [0, 0.05) is 5.56 Å². The monoisotopic (exact) mass is 358 g/mol. The predicted octanol–water partition coefficient (Wildman–Crippen LogP) is 6.35. The van der Waals surface area contributed by atoms with Crippen molar-refractivity contribution in [2.24, 2.45) is 0 Å². The fraction of sp³-hybridized carbons (Fsp3) is 0.0769. The average Bonchev–Trinajstić information content (AvgIpc) is 2.36. The molecule has 0 aliphatic rings. The quantitative estimate of drug-likeness (QED) is 0.448. The Morgan fingerprint density at radius 3 is 2.00 bits per heavy atom. The van der Waals surface area contributed by atoms with Crippen molar-refractivity contribution >= 4 is 34.8 Å². The molecule has 0 unspecified atom stereocenters. The Bertz CT molecular complexity index is 663. The molecule has 0 radical (unpaired) electrons. The van der Waals surface area contributed by atoms with Crippen LogP contribution in [-0.2, 0) is 0 Å². The third-order valence-electron chi connectivity index (χ3n) is 2.47. The molecule has 0 fully saturated rings. The number of hydrogen-bond donors (Lipinski definition) is 0. The van der Waals surface area contributed by atoms with Crippen LogP contribution in [-0.4, -0.2) is 6.36 Å². The van der Waals surface area contributed by atoms with Crippen molar-refractivity contribution in [1.82, 2.24) is 0 Å². The van der Waals surface area contributed by atoms with Crippen LogP contribution in [0.15, 0.2) is 30.3 Å². The molecule has 0 saturated carbocycles. The number of ether oxygens (including phenoxy) is 1. The van der Waals surface area contributed by atoms with Gasteiger partial charge in [-0.05, 0) is 35.9 Å². The Hall–Kier alpha value is -1.17. The molecule has 2 aromatic rings. The van der Waals surface area contributed by atoms with E-state index < -0.39 is 17.9 Å². The van der Waals surface area contributed by atoms with Crippen LogP contribution in [0.1, 0.15) is 0 Å². The molecule has 112 valence electrons. The molecule has 2 aromatic carbocycles. The molecule has 0 heterocycles. The molecule has 0 saturated heterocycles. The number of hydrogen-bond acceptors (Lipinski definition) is 1. The Labute approximate surface area is 132 Å². The highest BCUT2D eigenvalue weighted by Gasteiger charge is 2.31. The second kappa shape index (κ2) is 5.91. The van der Waals surface area contributed by atoms with Crippen molar-refractivity contribution in [2.45, 2.75) is 6.36 Å². The van der Waals surface area contributed by atoms with E-state index in [2.05, 4.69) is 4.74 Å². The molecule has 1 nitrogen and oxygen atoms in total. The normalized spacial score (nSPS) is 11.6. The highest BCUT2D eigenvalue weighted by Crippen LogP contribution is 2.37. The molecule has 0 amide bonds. The van der Waals surface area contributed by atoms with Gasteiger partial charge in [-0.1, -0.05) is 34.8 Å². The minimum absolute atomic E-state index is 0.0562. The first kappa shape index (κ1) is 16.2. The van der Waals surface area contributed by atoms with E-state index in [1.807, 2.05) is 0 Å². The third-order valence-corrected chi connectivity index (χ3v) is 3.66. The summed E-state index contributed by atoms with van der Waals surface area (Å²) in [6.45, 7) is 0. The molecule has 0 aromatic heterocycles. The van der Waals surface area contributed by atoms with Gasteiger partial charge in [0.1, 0.15) is 11.6 Å². The van der Waals surface area contributed by atoms with E-state index in [0.717, 1.165) is 18.2 Å². The highest BCUT2D eigenvalue weighted by molar-refractivity contribution is 6.48.